The Labute approximate surface area is 264 Å². The first-order valence-corrected chi connectivity index (χ1v) is 15.0. The monoisotopic (exact) mass is 624 g/mol. The lowest BCUT2D eigenvalue weighted by atomic mass is 10.1. The van der Waals surface area contributed by atoms with Crippen molar-refractivity contribution in [1.82, 2.24) is 39.3 Å². The number of carbonyl (C=O) groups excluding carboxylic acids is 1. The number of pyridine rings is 2. The van der Waals surface area contributed by atoms with Crippen LogP contribution in [0, 0.1) is 12.7 Å². The van der Waals surface area contributed by atoms with Gasteiger partial charge in [0.15, 0.2) is 23.0 Å². The van der Waals surface area contributed by atoms with Gasteiger partial charge in [-0.15, -0.1) is 0 Å². The molecule has 14 heteroatoms. The zero-order valence-corrected chi connectivity index (χ0v) is 25.9. The maximum absolute atomic E-state index is 15.5. The second kappa shape index (κ2) is 11.9. The molecule has 1 N–H and O–H groups in total. The van der Waals surface area contributed by atoms with Crippen LogP contribution in [0.15, 0.2) is 61.3 Å². The van der Waals surface area contributed by atoms with Gasteiger partial charge in [-0.25, -0.2) is 28.8 Å². The summed E-state index contributed by atoms with van der Waals surface area (Å²) in [6.45, 7) is 5.91. The Morgan fingerprint density at radius 3 is 2.89 bits per heavy atom. The Bertz CT molecular complexity index is 1980. The molecule has 7 rings (SSSR count). The molecule has 0 aliphatic carbocycles. The molecule has 2 aliphatic heterocycles. The Morgan fingerprint density at radius 1 is 1.17 bits per heavy atom. The van der Waals surface area contributed by atoms with E-state index in [1.807, 2.05) is 49.9 Å². The standard InChI is InChI=1S/C32H33FN10O3/c1-19-11-24(23(33)13-26(19)46-22-7-8-43-28(12-22)35-18-37-43)38-31-30-25(34-17-36-31)14-27-32(39-30)41-9-10-42(21(15-41)16-45-27)29(44)6-5-20(2)40(3)4/h5-8,11-14,17-18,20-21H,9-10,15-16H2,1-4H3,(H,34,36,38)/b6-5+/t20?,21-/m0/s1. The molecule has 1 saturated heterocycles. The molecule has 2 aliphatic rings. The van der Waals surface area contributed by atoms with Crippen molar-refractivity contribution < 1.29 is 18.7 Å². The molecule has 1 unspecified atom stereocenters. The molecule has 13 nitrogen and oxygen atoms in total. The third kappa shape index (κ3) is 5.62. The van der Waals surface area contributed by atoms with E-state index in [0.29, 0.717) is 77.4 Å². The summed E-state index contributed by atoms with van der Waals surface area (Å²) in [4.78, 5) is 37.0. The van der Waals surface area contributed by atoms with E-state index >= 15 is 4.39 Å². The van der Waals surface area contributed by atoms with Crippen LogP contribution in [0.1, 0.15) is 12.5 Å². The van der Waals surface area contributed by atoms with Crippen LogP contribution in [0.3, 0.4) is 0 Å². The number of amides is 1. The van der Waals surface area contributed by atoms with E-state index in [1.54, 1.807) is 35.0 Å². The first-order chi connectivity index (χ1) is 22.2. The van der Waals surface area contributed by atoms with Gasteiger partial charge in [-0.3, -0.25) is 4.79 Å². The van der Waals surface area contributed by atoms with Crippen LogP contribution in [0.5, 0.6) is 17.2 Å². The summed E-state index contributed by atoms with van der Waals surface area (Å²) < 4.78 is 29.2. The quantitative estimate of drug-likeness (QED) is 0.265. The van der Waals surface area contributed by atoms with Crippen molar-refractivity contribution >= 4 is 39.9 Å². The van der Waals surface area contributed by atoms with Crippen LogP contribution in [0.4, 0.5) is 21.7 Å². The van der Waals surface area contributed by atoms with Crippen molar-refractivity contribution in [2.75, 3.05) is 50.6 Å². The molecule has 0 radical (unpaired) electrons. The molecule has 0 spiro atoms. The van der Waals surface area contributed by atoms with Crippen LogP contribution >= 0.6 is 0 Å². The molecule has 1 fully saturated rings. The van der Waals surface area contributed by atoms with Crippen molar-refractivity contribution in [1.29, 1.82) is 0 Å². The molecule has 2 bridgehead atoms. The number of nitrogens with zero attached hydrogens (tertiary/aromatic N) is 9. The van der Waals surface area contributed by atoms with Gasteiger partial charge >= 0.3 is 0 Å². The average molecular weight is 625 g/mol. The normalized spacial score (nSPS) is 16.9. The Kier molecular flexibility index (Phi) is 7.56. The number of hydrogen-bond acceptors (Lipinski definition) is 11. The van der Waals surface area contributed by atoms with Crippen LogP contribution in [0.25, 0.3) is 16.7 Å². The summed E-state index contributed by atoms with van der Waals surface area (Å²) in [5.74, 6) is 1.91. The van der Waals surface area contributed by atoms with E-state index in [9.17, 15) is 4.79 Å². The molecule has 236 valence electrons. The lowest BCUT2D eigenvalue weighted by Gasteiger charge is -2.39. The van der Waals surface area contributed by atoms with Gasteiger partial charge in [0.2, 0.25) is 5.91 Å². The maximum atomic E-state index is 15.5. The van der Waals surface area contributed by atoms with E-state index < -0.39 is 5.82 Å². The highest BCUT2D eigenvalue weighted by Gasteiger charge is 2.35. The van der Waals surface area contributed by atoms with Gasteiger partial charge in [0.25, 0.3) is 0 Å². The first kappa shape index (κ1) is 29.3. The third-order valence-electron chi connectivity index (χ3n) is 8.38. The fourth-order valence-electron chi connectivity index (χ4n) is 5.52. The number of carbonyl (C=O) groups is 1. The lowest BCUT2D eigenvalue weighted by molar-refractivity contribution is -0.129. The summed E-state index contributed by atoms with van der Waals surface area (Å²) in [6, 6.07) is 8.28. The number of ether oxygens (including phenoxy) is 2. The zero-order valence-electron chi connectivity index (χ0n) is 25.9. The van der Waals surface area contributed by atoms with Crippen LogP contribution in [0.2, 0.25) is 0 Å². The average Bonchev–Trinajstić information content (AvgIpc) is 3.47. The number of aryl methyl sites for hydroxylation is 1. The van der Waals surface area contributed by atoms with Crippen LogP contribution in [-0.2, 0) is 4.79 Å². The number of hydrogen-bond donors (Lipinski definition) is 1. The van der Waals surface area contributed by atoms with Gasteiger partial charge in [0.05, 0.1) is 17.2 Å². The highest BCUT2D eigenvalue weighted by atomic mass is 19.1. The second-order valence-electron chi connectivity index (χ2n) is 11.7. The molecule has 46 heavy (non-hydrogen) atoms. The van der Waals surface area contributed by atoms with Crippen LogP contribution < -0.4 is 19.7 Å². The molecule has 6 heterocycles. The van der Waals surface area contributed by atoms with Gasteiger partial charge in [-0.1, -0.05) is 6.08 Å². The fourth-order valence-corrected chi connectivity index (χ4v) is 5.52. The minimum absolute atomic E-state index is 0.0338. The minimum Gasteiger partial charge on any atom is -0.487 e. The number of likely N-dealkylation sites (N-methyl/N-ethyl adjacent to an activating group) is 1. The summed E-state index contributed by atoms with van der Waals surface area (Å²) in [6.07, 6.45) is 8.14. The molecule has 1 amide bonds. The molecule has 1 aromatic carbocycles. The highest BCUT2D eigenvalue weighted by Crippen LogP contribution is 2.37. The third-order valence-corrected chi connectivity index (χ3v) is 8.38. The van der Waals surface area contributed by atoms with Crippen molar-refractivity contribution in [3.05, 3.63) is 72.7 Å². The maximum Gasteiger partial charge on any atom is 0.246 e. The number of benzene rings is 1. The van der Waals surface area contributed by atoms with Gasteiger partial charge < -0.3 is 29.5 Å². The number of nitrogens with one attached hydrogen (secondary N) is 1. The van der Waals surface area contributed by atoms with E-state index in [4.69, 9.17) is 14.5 Å². The van der Waals surface area contributed by atoms with E-state index in [-0.39, 0.29) is 23.7 Å². The molecule has 0 saturated carbocycles. The van der Waals surface area contributed by atoms with Gasteiger partial charge in [-0.05, 0) is 45.6 Å². The number of anilines is 3. The van der Waals surface area contributed by atoms with E-state index in [0.717, 1.165) is 0 Å². The SMILES string of the molecule is Cc1cc(Nc2ncnc3cc4c(nc23)N2CCN(C(=O)/C=C/C(C)N(C)C)[C@H](CO4)C2)c(F)cc1Oc1ccn2ncnc2c1. The number of fused-ring (bicyclic) bond motifs is 6. The second-order valence-corrected chi connectivity index (χ2v) is 11.7. The summed E-state index contributed by atoms with van der Waals surface area (Å²) in [5, 5.41) is 7.19. The van der Waals surface area contributed by atoms with Crippen LogP contribution in [-0.4, -0.2) is 97.7 Å². The van der Waals surface area contributed by atoms with E-state index in [1.165, 1.54) is 18.7 Å². The highest BCUT2D eigenvalue weighted by molar-refractivity contribution is 5.91. The Balaban J connectivity index is 1.12. The number of piperazine rings is 1. The summed E-state index contributed by atoms with van der Waals surface area (Å²) >= 11 is 0. The Hall–Kier alpha value is -5.37. The minimum atomic E-state index is -0.522. The van der Waals surface area contributed by atoms with Crippen molar-refractivity contribution in [3.63, 3.8) is 0 Å². The molecule has 4 aromatic heterocycles. The number of rotatable bonds is 7. The molecule has 5 aromatic rings. The zero-order chi connectivity index (χ0) is 31.9. The van der Waals surface area contributed by atoms with Crippen molar-refractivity contribution in [3.8, 4) is 17.2 Å². The smallest absolute Gasteiger partial charge is 0.246 e. The fraction of sp³-hybridized carbons (Fsp3) is 0.312. The Morgan fingerprint density at radius 2 is 2.04 bits per heavy atom. The summed E-state index contributed by atoms with van der Waals surface area (Å²) in [5.41, 5.74) is 2.57. The lowest BCUT2D eigenvalue weighted by Crippen LogP contribution is -2.56. The van der Waals surface area contributed by atoms with Crippen molar-refractivity contribution in [2.24, 2.45) is 0 Å². The van der Waals surface area contributed by atoms with E-state index in [2.05, 4.69) is 30.3 Å². The topological polar surface area (TPSA) is 126 Å². The largest absolute Gasteiger partial charge is 0.487 e. The number of halogens is 1. The predicted molar refractivity (Wildman–Crippen MR) is 170 cm³/mol. The predicted octanol–water partition coefficient (Wildman–Crippen LogP) is 3.97. The molecule has 2 atom stereocenters. The summed E-state index contributed by atoms with van der Waals surface area (Å²) in [7, 11) is 3.95. The van der Waals surface area contributed by atoms with Gasteiger partial charge in [0, 0.05) is 56.1 Å². The number of aromatic nitrogens is 6. The van der Waals surface area contributed by atoms with Gasteiger partial charge in [-0.2, -0.15) is 5.10 Å². The first-order valence-electron chi connectivity index (χ1n) is 15.0. The van der Waals surface area contributed by atoms with Gasteiger partial charge in [0.1, 0.15) is 42.1 Å². The van der Waals surface area contributed by atoms with Crippen molar-refractivity contribution in [2.45, 2.75) is 25.9 Å². The molecular weight excluding hydrogens is 591 g/mol. The molecular formula is C32H33FN10O3.